The van der Waals surface area contributed by atoms with E-state index in [0.717, 1.165) is 58.0 Å². The first kappa shape index (κ1) is 39.8. The maximum atomic E-state index is 13.2. The second-order valence-electron chi connectivity index (χ2n) is 15.0. The highest BCUT2D eigenvalue weighted by molar-refractivity contribution is 5.88. The van der Waals surface area contributed by atoms with Crippen molar-refractivity contribution in [2.45, 2.75) is 123 Å². The van der Waals surface area contributed by atoms with E-state index in [1.54, 1.807) is 6.92 Å². The van der Waals surface area contributed by atoms with Crippen molar-refractivity contribution in [1.82, 2.24) is 4.90 Å². The van der Waals surface area contributed by atoms with Crippen molar-refractivity contribution in [2.24, 2.45) is 40.4 Å². The smallest absolute Gasteiger partial charge is 0.336 e. The summed E-state index contributed by atoms with van der Waals surface area (Å²) in [6, 6.07) is 0. The molecule has 13 heteroatoms. The zero-order valence-corrected chi connectivity index (χ0v) is 29.4. The van der Waals surface area contributed by atoms with Gasteiger partial charge in [-0.15, -0.1) is 0 Å². The maximum Gasteiger partial charge on any atom is 0.336 e. The Hall–Kier alpha value is -2.61. The number of carbonyl (C=O) groups is 5. The van der Waals surface area contributed by atoms with Gasteiger partial charge in [-0.2, -0.15) is 0 Å². The first-order valence-corrected chi connectivity index (χ1v) is 17.5. The minimum atomic E-state index is -2.74. The molecule has 0 radical (unpaired) electrons. The molecule has 4 rings (SSSR count). The van der Waals surface area contributed by atoms with Gasteiger partial charge < -0.3 is 35.0 Å². The van der Waals surface area contributed by atoms with Crippen LogP contribution in [-0.4, -0.2) is 110 Å². The summed E-state index contributed by atoms with van der Waals surface area (Å²) in [5.74, 6) is -3.20. The number of aliphatic hydroxyl groups excluding tert-OH is 1. The number of hydrogen-bond acceptors (Lipinski definition) is 10. The Morgan fingerprint density at radius 3 is 1.94 bits per heavy atom. The molecule has 0 unspecified atom stereocenters. The average molecular weight is 684 g/mol. The van der Waals surface area contributed by atoms with Gasteiger partial charge >= 0.3 is 23.9 Å². The third kappa shape index (κ3) is 8.39. The van der Waals surface area contributed by atoms with E-state index >= 15 is 0 Å². The highest BCUT2D eigenvalue weighted by Gasteiger charge is 2.65. The number of Topliss-reactive ketones (excluding diaryl/α,β-unsaturated/α-hetero) is 1. The summed E-state index contributed by atoms with van der Waals surface area (Å²) in [5, 5.41) is 44.7. The molecule has 5 N–H and O–H groups in total. The van der Waals surface area contributed by atoms with Gasteiger partial charge in [-0.05, 0) is 100 Å². The summed E-state index contributed by atoms with van der Waals surface area (Å²) >= 11 is 0. The minimum Gasteiger partial charge on any atom is -0.481 e. The Balaban J connectivity index is 0.000000408. The molecule has 13 nitrogen and oxygen atoms in total. The number of ketones is 1. The van der Waals surface area contributed by atoms with Crippen LogP contribution in [0.2, 0.25) is 0 Å². The molecule has 4 fully saturated rings. The molecule has 0 aromatic rings. The van der Waals surface area contributed by atoms with Gasteiger partial charge in [0.25, 0.3) is 0 Å². The van der Waals surface area contributed by atoms with Gasteiger partial charge in [0, 0.05) is 18.4 Å². The molecule has 0 aromatic heterocycles. The fourth-order valence-corrected chi connectivity index (χ4v) is 10.1. The number of carboxylic acids is 3. The molecular weight excluding hydrogens is 626 g/mol. The molecule has 10 atom stereocenters. The lowest BCUT2D eigenvalue weighted by Gasteiger charge is -2.63. The number of carboxylic acid groups (broad SMARTS) is 3. The number of aliphatic hydroxyl groups is 2. The summed E-state index contributed by atoms with van der Waals surface area (Å²) in [6.07, 6.45) is 3.57. The second-order valence-corrected chi connectivity index (χ2v) is 15.0. The molecule has 0 amide bonds. The number of rotatable bonds is 13. The van der Waals surface area contributed by atoms with Crippen molar-refractivity contribution in [3.8, 4) is 0 Å². The van der Waals surface area contributed by atoms with Gasteiger partial charge in [-0.3, -0.25) is 24.1 Å². The lowest BCUT2D eigenvalue weighted by molar-refractivity contribution is -0.214. The van der Waals surface area contributed by atoms with Crippen LogP contribution in [-0.2, 0) is 33.4 Å². The number of carbonyl (C=O) groups excluding carboxylic acids is 2. The number of nitrogens with zero attached hydrogens (tertiary/aromatic N) is 1. The third-order valence-corrected chi connectivity index (χ3v) is 12.3. The average Bonchev–Trinajstić information content (AvgIpc) is 3.33. The van der Waals surface area contributed by atoms with E-state index in [1.165, 1.54) is 0 Å². The highest BCUT2D eigenvalue weighted by atomic mass is 16.5. The maximum absolute atomic E-state index is 13.2. The summed E-state index contributed by atoms with van der Waals surface area (Å²) in [4.78, 5) is 58.5. The molecule has 274 valence electrons. The van der Waals surface area contributed by atoms with Crippen molar-refractivity contribution in [1.29, 1.82) is 0 Å². The van der Waals surface area contributed by atoms with Crippen LogP contribution in [0.15, 0.2) is 0 Å². The summed E-state index contributed by atoms with van der Waals surface area (Å²) in [5.41, 5.74) is -2.89. The zero-order chi connectivity index (χ0) is 36.2. The Morgan fingerprint density at radius 1 is 0.854 bits per heavy atom. The van der Waals surface area contributed by atoms with Crippen LogP contribution < -0.4 is 0 Å². The number of hydrogen-bond donors (Lipinski definition) is 5. The van der Waals surface area contributed by atoms with Crippen LogP contribution in [0.5, 0.6) is 0 Å². The van der Waals surface area contributed by atoms with Gasteiger partial charge in [0.05, 0.1) is 31.6 Å². The van der Waals surface area contributed by atoms with E-state index in [0.29, 0.717) is 36.7 Å². The first-order chi connectivity index (χ1) is 22.4. The fraction of sp³-hybridized carbons (Fsp3) is 0.857. The molecule has 4 saturated carbocycles. The van der Waals surface area contributed by atoms with Gasteiger partial charge in [0.15, 0.2) is 5.60 Å². The van der Waals surface area contributed by atoms with Crippen LogP contribution in [0.4, 0.5) is 0 Å². The van der Waals surface area contributed by atoms with Crippen molar-refractivity contribution in [2.75, 3.05) is 26.2 Å². The molecular formula is C35H57NO12. The van der Waals surface area contributed by atoms with Crippen molar-refractivity contribution < 1.29 is 59.0 Å². The third-order valence-electron chi connectivity index (χ3n) is 12.3. The van der Waals surface area contributed by atoms with Crippen LogP contribution in [0.3, 0.4) is 0 Å². The van der Waals surface area contributed by atoms with Crippen molar-refractivity contribution >= 4 is 29.7 Å². The summed E-state index contributed by atoms with van der Waals surface area (Å²) < 4.78 is 12.5. The lowest BCUT2D eigenvalue weighted by Crippen LogP contribution is -2.62. The molecule has 4 aliphatic carbocycles. The summed E-state index contributed by atoms with van der Waals surface area (Å²) in [6.45, 7) is 15.1. The summed E-state index contributed by atoms with van der Waals surface area (Å²) in [7, 11) is 0. The second kappa shape index (κ2) is 15.9. The number of aliphatic carboxylic acids is 3. The highest BCUT2D eigenvalue weighted by Crippen LogP contribution is 2.68. The fourth-order valence-electron chi connectivity index (χ4n) is 10.1. The lowest BCUT2D eigenvalue weighted by atomic mass is 9.43. The number of esters is 1. The first-order valence-electron chi connectivity index (χ1n) is 17.5. The molecule has 0 spiro atoms. The normalized spacial score (nSPS) is 35.7. The predicted molar refractivity (Wildman–Crippen MR) is 173 cm³/mol. The SMILES string of the molecule is CCO[C@H]1C[C@@]2(C)[C@@H](CC[C@@H]3[C@@H]2[C@@H](OC(=O)CN(CC)CC)C[C@]2(C)[C@@H](C(C)=O)CC[C@@H]32)C[C@@H]1O.O=C(O)CC(O)(CC(=O)O)C(=O)O. The monoisotopic (exact) mass is 683 g/mol. The molecule has 48 heavy (non-hydrogen) atoms. The molecule has 0 heterocycles. The van der Waals surface area contributed by atoms with Crippen LogP contribution in [0.25, 0.3) is 0 Å². The van der Waals surface area contributed by atoms with Gasteiger partial charge in [0.1, 0.15) is 11.9 Å². The zero-order valence-electron chi connectivity index (χ0n) is 29.4. The quantitative estimate of drug-likeness (QED) is 0.177. The molecule has 0 saturated heterocycles. The standard InChI is InChI=1S/C29H49NO5.C6H8O7/c1-7-30(8-2)17-26(33)35-25-16-29(6)21(18(4)31)12-13-22(29)20-11-10-19-14-23(32)24(34-9-3)15-28(19,5)27(20)25;7-3(8)1-6(13,5(11)12)2-4(9)10/h19-25,27,32H,7-17H2,1-6H3;13H,1-2H2,(H,7,8)(H,9,10)(H,11,12)/t19-,20-,21+,22-,23-,24-,25-,27+,28-,29+;/m0./s1. The Kier molecular flexibility index (Phi) is 13.2. The van der Waals surface area contributed by atoms with Gasteiger partial charge in [-0.1, -0.05) is 27.7 Å². The van der Waals surface area contributed by atoms with Gasteiger partial charge in [-0.25, -0.2) is 4.79 Å². The van der Waals surface area contributed by atoms with E-state index in [1.807, 2.05) is 6.92 Å². The van der Waals surface area contributed by atoms with Crippen LogP contribution in [0, 0.1) is 40.4 Å². The van der Waals surface area contributed by atoms with E-state index in [-0.39, 0.29) is 40.8 Å². The Labute approximate surface area is 283 Å². The molecule has 0 aromatic carbocycles. The minimum absolute atomic E-state index is 0.0439. The molecule has 4 aliphatic rings. The van der Waals surface area contributed by atoms with E-state index in [9.17, 15) is 29.1 Å². The van der Waals surface area contributed by atoms with Crippen LogP contribution in [0.1, 0.15) is 99.3 Å². The van der Waals surface area contributed by atoms with Gasteiger partial charge in [0.2, 0.25) is 0 Å². The molecule has 0 bridgehead atoms. The molecule has 0 aliphatic heterocycles. The van der Waals surface area contributed by atoms with E-state index in [2.05, 4.69) is 32.6 Å². The van der Waals surface area contributed by atoms with Crippen molar-refractivity contribution in [3.63, 3.8) is 0 Å². The predicted octanol–water partition coefficient (Wildman–Crippen LogP) is 3.23. The number of fused-ring (bicyclic) bond motifs is 5. The Morgan fingerprint density at radius 2 is 1.44 bits per heavy atom. The van der Waals surface area contributed by atoms with E-state index in [4.69, 9.17) is 29.9 Å². The van der Waals surface area contributed by atoms with E-state index < -0.39 is 42.5 Å². The van der Waals surface area contributed by atoms with Crippen molar-refractivity contribution in [3.05, 3.63) is 0 Å². The van der Waals surface area contributed by atoms with Crippen LogP contribution >= 0.6 is 0 Å². The number of likely N-dealkylation sites (N-methyl/N-ethyl adjacent to an activating group) is 1. The largest absolute Gasteiger partial charge is 0.481 e. The topological polar surface area (TPSA) is 208 Å². The number of ether oxygens (including phenoxy) is 2. The Bertz CT molecular complexity index is 1170.